The van der Waals surface area contributed by atoms with Gasteiger partial charge in [-0.1, -0.05) is 6.07 Å². The maximum atomic E-state index is 3.26. The van der Waals surface area contributed by atoms with Gasteiger partial charge in [0.25, 0.3) is 0 Å². The summed E-state index contributed by atoms with van der Waals surface area (Å²) in [4.78, 5) is 3.26. The first kappa shape index (κ1) is 9.28. The Morgan fingerprint density at radius 1 is 1.36 bits per heavy atom. The molecule has 1 aromatic heterocycles. The quantitative estimate of drug-likeness (QED) is 0.759. The Morgan fingerprint density at radius 3 is 3.00 bits per heavy atom. The fraction of sp³-hybridized carbons (Fsp3) is 0.333. The summed E-state index contributed by atoms with van der Waals surface area (Å²) < 4.78 is 0. The molecule has 2 rings (SSSR count). The van der Waals surface area contributed by atoms with Crippen LogP contribution in [0.4, 0.5) is 0 Å². The number of aromatic amines is 1. The van der Waals surface area contributed by atoms with Gasteiger partial charge < -0.3 is 10.3 Å². The monoisotopic (exact) mass is 188 g/mol. The van der Waals surface area contributed by atoms with Crippen LogP contribution in [0.15, 0.2) is 24.4 Å². The van der Waals surface area contributed by atoms with Gasteiger partial charge in [-0.3, -0.25) is 0 Å². The second-order valence-electron chi connectivity index (χ2n) is 3.72. The number of hydrogen-bond acceptors (Lipinski definition) is 1. The molecule has 2 aromatic rings. The van der Waals surface area contributed by atoms with Crippen LogP contribution < -0.4 is 5.32 Å². The second-order valence-corrected chi connectivity index (χ2v) is 3.72. The number of likely N-dealkylation sites (N-methyl/N-ethyl adjacent to an activating group) is 1. The molecule has 1 aromatic carbocycles. The zero-order valence-corrected chi connectivity index (χ0v) is 8.72. The minimum atomic E-state index is 1.03. The molecule has 74 valence electrons. The third-order valence-electron chi connectivity index (χ3n) is 2.54. The van der Waals surface area contributed by atoms with Crippen LogP contribution in [-0.2, 0) is 6.42 Å². The van der Waals surface area contributed by atoms with Crippen molar-refractivity contribution in [2.24, 2.45) is 0 Å². The number of benzene rings is 1. The molecular weight excluding hydrogens is 172 g/mol. The van der Waals surface area contributed by atoms with Gasteiger partial charge in [-0.25, -0.2) is 0 Å². The molecule has 0 saturated carbocycles. The first-order chi connectivity index (χ1) is 6.81. The van der Waals surface area contributed by atoms with Crippen molar-refractivity contribution in [3.63, 3.8) is 0 Å². The van der Waals surface area contributed by atoms with E-state index in [-0.39, 0.29) is 0 Å². The van der Waals surface area contributed by atoms with Crippen molar-refractivity contribution in [2.45, 2.75) is 13.3 Å². The van der Waals surface area contributed by atoms with Gasteiger partial charge in [-0.05, 0) is 50.2 Å². The first-order valence-electron chi connectivity index (χ1n) is 5.02. The van der Waals surface area contributed by atoms with Gasteiger partial charge in [-0.15, -0.1) is 0 Å². The van der Waals surface area contributed by atoms with E-state index in [4.69, 9.17) is 0 Å². The largest absolute Gasteiger partial charge is 0.361 e. The Balaban J connectivity index is 2.44. The summed E-state index contributed by atoms with van der Waals surface area (Å²) >= 11 is 0. The Bertz CT molecular complexity index is 429. The SMILES string of the molecule is CNCCc1cc(C)cc2[nH]ccc12. The smallest absolute Gasteiger partial charge is 0.0459 e. The molecule has 0 amide bonds. The molecule has 0 unspecified atom stereocenters. The number of fused-ring (bicyclic) bond motifs is 1. The molecule has 2 heteroatoms. The van der Waals surface area contributed by atoms with Crippen LogP contribution in [0.5, 0.6) is 0 Å². The van der Waals surface area contributed by atoms with Gasteiger partial charge in [0.2, 0.25) is 0 Å². The van der Waals surface area contributed by atoms with Crippen LogP contribution in [0.25, 0.3) is 10.9 Å². The van der Waals surface area contributed by atoms with Gasteiger partial charge in [0.15, 0.2) is 0 Å². The third kappa shape index (κ3) is 1.66. The minimum Gasteiger partial charge on any atom is -0.361 e. The summed E-state index contributed by atoms with van der Waals surface area (Å²) in [5.74, 6) is 0. The predicted octanol–water partition coefficient (Wildman–Crippen LogP) is 2.24. The lowest BCUT2D eigenvalue weighted by molar-refractivity contribution is 0.794. The minimum absolute atomic E-state index is 1.03. The normalized spacial score (nSPS) is 11.0. The van der Waals surface area contributed by atoms with Crippen LogP contribution in [0.1, 0.15) is 11.1 Å². The highest BCUT2D eigenvalue weighted by Crippen LogP contribution is 2.20. The van der Waals surface area contributed by atoms with Crippen molar-refractivity contribution < 1.29 is 0 Å². The summed E-state index contributed by atoms with van der Waals surface area (Å²) in [7, 11) is 1.99. The number of rotatable bonds is 3. The van der Waals surface area contributed by atoms with Gasteiger partial charge in [0.1, 0.15) is 0 Å². The number of H-pyrrole nitrogens is 1. The maximum Gasteiger partial charge on any atom is 0.0459 e. The zero-order valence-electron chi connectivity index (χ0n) is 8.72. The lowest BCUT2D eigenvalue weighted by atomic mass is 10.0. The molecule has 0 atom stereocenters. The van der Waals surface area contributed by atoms with Crippen molar-refractivity contribution in [2.75, 3.05) is 13.6 Å². The number of aryl methyl sites for hydroxylation is 1. The Labute approximate surface area is 84.3 Å². The van der Waals surface area contributed by atoms with Gasteiger partial charge >= 0.3 is 0 Å². The summed E-state index contributed by atoms with van der Waals surface area (Å²) in [6, 6.07) is 6.62. The lowest BCUT2D eigenvalue weighted by Gasteiger charge is -2.04. The third-order valence-corrected chi connectivity index (χ3v) is 2.54. The molecule has 0 fully saturated rings. The predicted molar refractivity (Wildman–Crippen MR) is 60.7 cm³/mol. The van der Waals surface area contributed by atoms with Gasteiger partial charge in [0, 0.05) is 17.1 Å². The van der Waals surface area contributed by atoms with Crippen molar-refractivity contribution in [1.29, 1.82) is 0 Å². The second kappa shape index (κ2) is 3.84. The highest BCUT2D eigenvalue weighted by Gasteiger charge is 2.02. The van der Waals surface area contributed by atoms with Crippen LogP contribution in [-0.4, -0.2) is 18.6 Å². The molecule has 0 bridgehead atoms. The van der Waals surface area contributed by atoms with Crippen molar-refractivity contribution in [3.8, 4) is 0 Å². The molecule has 1 heterocycles. The molecule has 0 saturated heterocycles. The average Bonchev–Trinajstić information content (AvgIpc) is 2.61. The van der Waals surface area contributed by atoms with E-state index in [2.05, 4.69) is 35.4 Å². The van der Waals surface area contributed by atoms with Crippen LogP contribution in [0.2, 0.25) is 0 Å². The van der Waals surface area contributed by atoms with E-state index in [1.165, 1.54) is 22.0 Å². The molecule has 14 heavy (non-hydrogen) atoms. The van der Waals surface area contributed by atoms with E-state index >= 15 is 0 Å². The van der Waals surface area contributed by atoms with E-state index in [0.29, 0.717) is 0 Å². The summed E-state index contributed by atoms with van der Waals surface area (Å²) in [5.41, 5.74) is 4.00. The number of nitrogens with one attached hydrogen (secondary N) is 2. The van der Waals surface area contributed by atoms with E-state index in [1.807, 2.05) is 13.2 Å². The molecule has 2 nitrogen and oxygen atoms in total. The summed E-state index contributed by atoms with van der Waals surface area (Å²) in [6.07, 6.45) is 3.10. The highest BCUT2D eigenvalue weighted by molar-refractivity contribution is 5.83. The van der Waals surface area contributed by atoms with Crippen LogP contribution in [0.3, 0.4) is 0 Å². The molecule has 2 N–H and O–H groups in total. The maximum absolute atomic E-state index is 3.26. The van der Waals surface area contributed by atoms with Crippen molar-refractivity contribution >= 4 is 10.9 Å². The van der Waals surface area contributed by atoms with E-state index in [9.17, 15) is 0 Å². The molecule has 0 aliphatic carbocycles. The standard InChI is InChI=1S/C12H16N2/c1-9-7-10(3-5-13-2)11-4-6-14-12(11)8-9/h4,6-8,13-14H,3,5H2,1-2H3. The van der Waals surface area contributed by atoms with E-state index in [0.717, 1.165) is 13.0 Å². The highest BCUT2D eigenvalue weighted by atomic mass is 14.8. The molecular formula is C12H16N2. The van der Waals surface area contributed by atoms with Gasteiger partial charge in [-0.2, -0.15) is 0 Å². The lowest BCUT2D eigenvalue weighted by Crippen LogP contribution is -2.10. The fourth-order valence-corrected chi connectivity index (χ4v) is 1.87. The number of aromatic nitrogens is 1. The van der Waals surface area contributed by atoms with E-state index in [1.54, 1.807) is 0 Å². The van der Waals surface area contributed by atoms with Crippen molar-refractivity contribution in [1.82, 2.24) is 10.3 Å². The molecule has 0 aliphatic heterocycles. The topological polar surface area (TPSA) is 27.8 Å². The zero-order chi connectivity index (χ0) is 9.97. The Morgan fingerprint density at radius 2 is 2.21 bits per heavy atom. The summed E-state index contributed by atoms with van der Waals surface area (Å²) in [6.45, 7) is 3.17. The van der Waals surface area contributed by atoms with Gasteiger partial charge in [0.05, 0.1) is 0 Å². The van der Waals surface area contributed by atoms with Crippen LogP contribution in [0, 0.1) is 6.92 Å². The molecule has 0 spiro atoms. The molecule has 0 radical (unpaired) electrons. The average molecular weight is 188 g/mol. The number of hydrogen-bond donors (Lipinski definition) is 2. The van der Waals surface area contributed by atoms with Crippen molar-refractivity contribution in [3.05, 3.63) is 35.5 Å². The fourth-order valence-electron chi connectivity index (χ4n) is 1.87. The van der Waals surface area contributed by atoms with Crippen LogP contribution >= 0.6 is 0 Å². The molecule has 0 aliphatic rings. The van der Waals surface area contributed by atoms with E-state index < -0.39 is 0 Å². The summed E-state index contributed by atoms with van der Waals surface area (Å²) in [5, 5.41) is 4.53. The first-order valence-corrected chi connectivity index (χ1v) is 5.02. The Kier molecular flexibility index (Phi) is 2.55. The Hall–Kier alpha value is -1.28.